The second-order valence-corrected chi connectivity index (χ2v) is 6.49. The van der Waals surface area contributed by atoms with Crippen molar-refractivity contribution in [1.82, 2.24) is 4.98 Å². The molecule has 0 saturated heterocycles. The third-order valence-electron chi connectivity index (χ3n) is 4.73. The van der Waals surface area contributed by atoms with Gasteiger partial charge in [-0.1, -0.05) is 0 Å². The molecule has 120 valence electrons. The number of benzene rings is 1. The summed E-state index contributed by atoms with van der Waals surface area (Å²) in [5, 5.41) is 0.980. The summed E-state index contributed by atoms with van der Waals surface area (Å²) < 4.78 is 13.5. The molecule has 4 heteroatoms. The van der Waals surface area contributed by atoms with Crippen LogP contribution in [0.5, 0.6) is 0 Å². The molecular formula is C18H24ClFN2. The van der Waals surface area contributed by atoms with Crippen LogP contribution in [0.4, 0.5) is 4.39 Å². The summed E-state index contributed by atoms with van der Waals surface area (Å²) in [4.78, 5) is 4.35. The molecule has 0 amide bonds. The van der Waals surface area contributed by atoms with Gasteiger partial charge < -0.3 is 5.73 Å². The summed E-state index contributed by atoms with van der Waals surface area (Å²) in [5.41, 5.74) is 8.07. The SMILES string of the molecule is C[C@@H](N)C[C@H]1CC[C@H](c2ccnc3ccc(F)cc32)CC1.Cl. The number of hydrogen-bond acceptors (Lipinski definition) is 2. The van der Waals surface area contributed by atoms with Crippen molar-refractivity contribution in [3.05, 3.63) is 41.8 Å². The Morgan fingerprint density at radius 2 is 1.95 bits per heavy atom. The summed E-state index contributed by atoms with van der Waals surface area (Å²) in [6.07, 6.45) is 7.78. The number of rotatable bonds is 3. The molecule has 3 rings (SSSR count). The Morgan fingerprint density at radius 1 is 1.23 bits per heavy atom. The molecule has 0 radical (unpaired) electrons. The first-order valence-electron chi connectivity index (χ1n) is 7.93. The number of aromatic nitrogens is 1. The Kier molecular flexibility index (Phi) is 5.76. The summed E-state index contributed by atoms with van der Waals surface area (Å²) >= 11 is 0. The number of fused-ring (bicyclic) bond motifs is 1. The van der Waals surface area contributed by atoms with Crippen LogP contribution in [0.2, 0.25) is 0 Å². The van der Waals surface area contributed by atoms with Crippen molar-refractivity contribution >= 4 is 23.3 Å². The van der Waals surface area contributed by atoms with Crippen LogP contribution in [0.1, 0.15) is 50.5 Å². The topological polar surface area (TPSA) is 38.9 Å². The van der Waals surface area contributed by atoms with Gasteiger partial charge in [0.05, 0.1) is 5.52 Å². The minimum atomic E-state index is -0.178. The molecule has 1 aromatic heterocycles. The van der Waals surface area contributed by atoms with Crippen LogP contribution < -0.4 is 5.73 Å². The van der Waals surface area contributed by atoms with E-state index in [-0.39, 0.29) is 18.2 Å². The fourth-order valence-corrected chi connectivity index (χ4v) is 3.73. The second-order valence-electron chi connectivity index (χ2n) is 6.49. The van der Waals surface area contributed by atoms with Crippen molar-refractivity contribution in [2.24, 2.45) is 11.7 Å². The van der Waals surface area contributed by atoms with Gasteiger partial charge >= 0.3 is 0 Å². The molecule has 0 aliphatic heterocycles. The first-order valence-corrected chi connectivity index (χ1v) is 7.93. The Labute approximate surface area is 137 Å². The Hall–Kier alpha value is -1.19. The molecule has 0 unspecified atom stereocenters. The zero-order chi connectivity index (χ0) is 14.8. The molecule has 2 nitrogen and oxygen atoms in total. The van der Waals surface area contributed by atoms with E-state index in [1.807, 2.05) is 6.20 Å². The second kappa shape index (κ2) is 7.38. The Balaban J connectivity index is 0.00000176. The minimum absolute atomic E-state index is 0. The first kappa shape index (κ1) is 17.2. The smallest absolute Gasteiger partial charge is 0.123 e. The quantitative estimate of drug-likeness (QED) is 0.881. The fourth-order valence-electron chi connectivity index (χ4n) is 3.73. The zero-order valence-corrected chi connectivity index (χ0v) is 13.8. The lowest BCUT2D eigenvalue weighted by molar-refractivity contribution is 0.298. The predicted octanol–water partition coefficient (Wildman–Crippen LogP) is 4.81. The minimum Gasteiger partial charge on any atom is -0.328 e. The van der Waals surface area contributed by atoms with Crippen LogP contribution in [-0.2, 0) is 0 Å². The molecular weight excluding hydrogens is 299 g/mol. The monoisotopic (exact) mass is 322 g/mol. The van der Waals surface area contributed by atoms with Crippen LogP contribution in [0.15, 0.2) is 30.5 Å². The van der Waals surface area contributed by atoms with E-state index in [9.17, 15) is 4.39 Å². The van der Waals surface area contributed by atoms with Gasteiger partial charge in [0.15, 0.2) is 0 Å². The van der Waals surface area contributed by atoms with Crippen molar-refractivity contribution in [1.29, 1.82) is 0 Å². The average Bonchev–Trinajstić information content (AvgIpc) is 2.47. The third kappa shape index (κ3) is 3.76. The van der Waals surface area contributed by atoms with E-state index in [0.717, 1.165) is 23.2 Å². The van der Waals surface area contributed by atoms with Crippen LogP contribution in [0.3, 0.4) is 0 Å². The van der Waals surface area contributed by atoms with Crippen molar-refractivity contribution in [3.63, 3.8) is 0 Å². The van der Waals surface area contributed by atoms with E-state index in [0.29, 0.717) is 12.0 Å². The lowest BCUT2D eigenvalue weighted by Gasteiger charge is -2.30. The van der Waals surface area contributed by atoms with E-state index >= 15 is 0 Å². The molecule has 0 bridgehead atoms. The molecule has 1 aromatic carbocycles. The highest BCUT2D eigenvalue weighted by atomic mass is 35.5. The number of hydrogen-bond donors (Lipinski definition) is 1. The third-order valence-corrected chi connectivity index (χ3v) is 4.73. The van der Waals surface area contributed by atoms with E-state index in [1.165, 1.54) is 37.3 Å². The molecule has 22 heavy (non-hydrogen) atoms. The van der Waals surface area contributed by atoms with Gasteiger partial charge in [0.1, 0.15) is 5.82 Å². The van der Waals surface area contributed by atoms with Gasteiger partial charge in [0.2, 0.25) is 0 Å². The number of halogens is 2. The molecule has 1 fully saturated rings. The van der Waals surface area contributed by atoms with Crippen LogP contribution in [0.25, 0.3) is 10.9 Å². The molecule has 1 aliphatic carbocycles. The predicted molar refractivity (Wildman–Crippen MR) is 91.9 cm³/mol. The van der Waals surface area contributed by atoms with E-state index in [2.05, 4.69) is 18.0 Å². The Morgan fingerprint density at radius 3 is 2.64 bits per heavy atom. The maximum atomic E-state index is 13.5. The standard InChI is InChI=1S/C18H23FN2.ClH/c1-12(20)10-13-2-4-14(5-3-13)16-8-9-21-18-7-6-15(19)11-17(16)18;/h6-9,11-14H,2-5,10,20H2,1H3;1H/t12-,13-,14-;/m1./s1. The molecule has 2 aromatic rings. The van der Waals surface area contributed by atoms with Crippen LogP contribution in [-0.4, -0.2) is 11.0 Å². The molecule has 0 spiro atoms. The fraction of sp³-hybridized carbons (Fsp3) is 0.500. The molecule has 1 heterocycles. The van der Waals surface area contributed by atoms with Crippen molar-refractivity contribution < 1.29 is 4.39 Å². The van der Waals surface area contributed by atoms with E-state index in [4.69, 9.17) is 5.73 Å². The first-order chi connectivity index (χ1) is 10.1. The number of nitrogens with zero attached hydrogens (tertiary/aromatic N) is 1. The summed E-state index contributed by atoms with van der Waals surface area (Å²) in [7, 11) is 0. The lowest BCUT2D eigenvalue weighted by atomic mass is 9.76. The lowest BCUT2D eigenvalue weighted by Crippen LogP contribution is -2.22. The largest absolute Gasteiger partial charge is 0.328 e. The van der Waals surface area contributed by atoms with Gasteiger partial charge in [0, 0.05) is 17.6 Å². The molecule has 1 atom stereocenters. The normalized spacial score (nSPS) is 23.0. The number of nitrogens with two attached hydrogens (primary N) is 1. The van der Waals surface area contributed by atoms with Gasteiger partial charge in [-0.05, 0) is 80.7 Å². The summed E-state index contributed by atoms with van der Waals surface area (Å²) in [6, 6.07) is 7.25. The average molecular weight is 323 g/mol. The number of pyridine rings is 1. The van der Waals surface area contributed by atoms with E-state index in [1.54, 1.807) is 12.1 Å². The van der Waals surface area contributed by atoms with Crippen LogP contribution in [0, 0.1) is 11.7 Å². The van der Waals surface area contributed by atoms with Crippen molar-refractivity contribution in [2.45, 2.75) is 51.0 Å². The van der Waals surface area contributed by atoms with Gasteiger partial charge in [0.25, 0.3) is 0 Å². The Bertz CT molecular complexity index is 622. The van der Waals surface area contributed by atoms with Gasteiger partial charge in [-0.15, -0.1) is 12.4 Å². The van der Waals surface area contributed by atoms with Crippen molar-refractivity contribution in [2.75, 3.05) is 0 Å². The summed E-state index contributed by atoms with van der Waals surface area (Å²) in [6.45, 7) is 2.09. The van der Waals surface area contributed by atoms with Gasteiger partial charge in [-0.25, -0.2) is 4.39 Å². The highest BCUT2D eigenvalue weighted by molar-refractivity contribution is 5.85. The van der Waals surface area contributed by atoms with Gasteiger partial charge in [-0.3, -0.25) is 4.98 Å². The molecule has 2 N–H and O–H groups in total. The van der Waals surface area contributed by atoms with Gasteiger partial charge in [-0.2, -0.15) is 0 Å². The maximum Gasteiger partial charge on any atom is 0.123 e. The highest BCUT2D eigenvalue weighted by Gasteiger charge is 2.24. The van der Waals surface area contributed by atoms with Crippen LogP contribution >= 0.6 is 12.4 Å². The zero-order valence-electron chi connectivity index (χ0n) is 13.0. The molecule has 1 aliphatic rings. The summed E-state index contributed by atoms with van der Waals surface area (Å²) in [5.74, 6) is 1.11. The van der Waals surface area contributed by atoms with E-state index < -0.39 is 0 Å². The van der Waals surface area contributed by atoms with Crippen molar-refractivity contribution in [3.8, 4) is 0 Å². The highest BCUT2D eigenvalue weighted by Crippen LogP contribution is 2.39. The maximum absolute atomic E-state index is 13.5. The molecule has 1 saturated carbocycles.